The van der Waals surface area contributed by atoms with Crippen molar-refractivity contribution in [2.75, 3.05) is 6.61 Å². The molecule has 1 aliphatic heterocycles. The number of rotatable bonds is 3. The van der Waals surface area contributed by atoms with E-state index in [4.69, 9.17) is 4.74 Å². The summed E-state index contributed by atoms with van der Waals surface area (Å²) in [6.45, 7) is -0.493. The molecule has 1 fully saturated rings. The number of nitrogens with zero attached hydrogens (tertiary/aromatic N) is 2. The smallest absolute Gasteiger partial charge is 0.181 e. The van der Waals surface area contributed by atoms with Crippen LogP contribution in [0.15, 0.2) is 42.5 Å². The maximum absolute atomic E-state index is 10.2. The molecule has 4 rings (SSSR count). The van der Waals surface area contributed by atoms with Crippen LogP contribution in [0, 0.1) is 0 Å². The summed E-state index contributed by atoms with van der Waals surface area (Å²) in [6, 6.07) is 13.7. The largest absolute Gasteiger partial charge is 0.394 e. The summed E-state index contributed by atoms with van der Waals surface area (Å²) in [7, 11) is 0. The molecular formula is C18H19N3O5. The Morgan fingerprint density at radius 3 is 2.50 bits per heavy atom. The number of benzene rings is 2. The van der Waals surface area contributed by atoms with Gasteiger partial charge in [0.1, 0.15) is 30.5 Å². The molecule has 5 atom stereocenters. The summed E-state index contributed by atoms with van der Waals surface area (Å²) in [6.07, 6.45) is -6.29. The third-order valence-electron chi connectivity index (χ3n) is 4.67. The summed E-state index contributed by atoms with van der Waals surface area (Å²) in [5.41, 5.74) is 0.788. The molecule has 0 spiro atoms. The fraction of sp³-hybridized carbons (Fsp3) is 0.333. The summed E-state index contributed by atoms with van der Waals surface area (Å²) >= 11 is 0. The highest BCUT2D eigenvalue weighted by Crippen LogP contribution is 2.31. The molecule has 136 valence electrons. The zero-order chi connectivity index (χ0) is 18.3. The fourth-order valence-corrected chi connectivity index (χ4v) is 3.19. The van der Waals surface area contributed by atoms with E-state index >= 15 is 0 Å². The van der Waals surface area contributed by atoms with Gasteiger partial charge in [-0.05, 0) is 16.8 Å². The van der Waals surface area contributed by atoms with Crippen molar-refractivity contribution >= 4 is 10.8 Å². The molecular weight excluding hydrogens is 338 g/mol. The summed E-state index contributed by atoms with van der Waals surface area (Å²) < 4.78 is 5.49. The third kappa shape index (κ3) is 2.87. The van der Waals surface area contributed by atoms with Crippen molar-refractivity contribution in [1.82, 2.24) is 15.2 Å². The van der Waals surface area contributed by atoms with Gasteiger partial charge < -0.3 is 25.2 Å². The van der Waals surface area contributed by atoms with Crippen LogP contribution in [0.5, 0.6) is 0 Å². The van der Waals surface area contributed by atoms with Crippen LogP contribution in [-0.4, -0.2) is 66.6 Å². The highest BCUT2D eigenvalue weighted by atomic mass is 16.5. The van der Waals surface area contributed by atoms with E-state index in [-0.39, 0.29) is 5.82 Å². The van der Waals surface area contributed by atoms with Crippen molar-refractivity contribution in [3.8, 4) is 11.4 Å². The van der Waals surface area contributed by atoms with Gasteiger partial charge >= 0.3 is 0 Å². The molecule has 8 heteroatoms. The van der Waals surface area contributed by atoms with Crippen LogP contribution >= 0.6 is 0 Å². The number of fused-ring (bicyclic) bond motifs is 1. The van der Waals surface area contributed by atoms with Gasteiger partial charge in [0.2, 0.25) is 0 Å². The highest BCUT2D eigenvalue weighted by Gasteiger charge is 2.45. The third-order valence-corrected chi connectivity index (χ3v) is 4.67. The normalized spacial score (nSPS) is 29.2. The average Bonchev–Trinajstić information content (AvgIpc) is 3.16. The number of ether oxygens (including phenoxy) is 1. The van der Waals surface area contributed by atoms with E-state index in [1.165, 1.54) is 0 Å². The Morgan fingerprint density at radius 2 is 1.73 bits per heavy atom. The van der Waals surface area contributed by atoms with Crippen molar-refractivity contribution in [3.63, 3.8) is 0 Å². The van der Waals surface area contributed by atoms with Gasteiger partial charge in [-0.3, -0.25) is 5.10 Å². The van der Waals surface area contributed by atoms with Crippen molar-refractivity contribution < 1.29 is 25.2 Å². The minimum Gasteiger partial charge on any atom is -0.394 e. The molecule has 2 aromatic carbocycles. The van der Waals surface area contributed by atoms with E-state index in [2.05, 4.69) is 15.2 Å². The molecule has 1 aromatic heterocycles. The number of aromatic nitrogens is 3. The predicted octanol–water partition coefficient (Wildman–Crippen LogP) is 0.140. The Hall–Kier alpha value is -2.36. The SMILES string of the molecule is OC[C@H]1OC(c2nc(-c3ccc4ccccc4c3)n[nH]2)[C@H](O)[C@@H](O)[C@@H]1O. The molecule has 0 amide bonds. The van der Waals surface area contributed by atoms with E-state index in [1.54, 1.807) is 0 Å². The lowest BCUT2D eigenvalue weighted by molar-refractivity contribution is -0.233. The maximum Gasteiger partial charge on any atom is 0.181 e. The molecule has 8 nitrogen and oxygen atoms in total. The zero-order valence-electron chi connectivity index (χ0n) is 13.7. The molecule has 5 N–H and O–H groups in total. The van der Waals surface area contributed by atoms with E-state index in [0.717, 1.165) is 16.3 Å². The Kier molecular flexibility index (Phi) is 4.43. The van der Waals surface area contributed by atoms with Crippen molar-refractivity contribution in [2.24, 2.45) is 0 Å². The number of aromatic amines is 1. The molecule has 1 saturated heterocycles. The second-order valence-corrected chi connectivity index (χ2v) is 6.36. The number of nitrogens with one attached hydrogen (secondary N) is 1. The zero-order valence-corrected chi connectivity index (χ0v) is 13.7. The Balaban J connectivity index is 1.64. The van der Waals surface area contributed by atoms with E-state index in [9.17, 15) is 20.4 Å². The van der Waals surface area contributed by atoms with Crippen LogP contribution in [0.1, 0.15) is 11.9 Å². The minimum atomic E-state index is -1.46. The van der Waals surface area contributed by atoms with Crippen LogP contribution in [0.2, 0.25) is 0 Å². The molecule has 2 heterocycles. The Morgan fingerprint density at radius 1 is 0.962 bits per heavy atom. The van der Waals surface area contributed by atoms with Crippen LogP contribution in [0.3, 0.4) is 0 Å². The number of H-pyrrole nitrogens is 1. The van der Waals surface area contributed by atoms with E-state index in [1.807, 2.05) is 42.5 Å². The fourth-order valence-electron chi connectivity index (χ4n) is 3.19. The van der Waals surface area contributed by atoms with Crippen molar-refractivity contribution in [1.29, 1.82) is 0 Å². The maximum atomic E-state index is 10.2. The number of aliphatic hydroxyl groups excluding tert-OH is 4. The first kappa shape index (κ1) is 17.1. The highest BCUT2D eigenvalue weighted by molar-refractivity contribution is 5.86. The van der Waals surface area contributed by atoms with Gasteiger partial charge in [0, 0.05) is 5.56 Å². The number of hydrogen-bond donors (Lipinski definition) is 5. The van der Waals surface area contributed by atoms with Gasteiger partial charge in [-0.15, -0.1) is 0 Å². The lowest BCUT2D eigenvalue weighted by Crippen LogP contribution is -2.55. The molecule has 1 aliphatic rings. The van der Waals surface area contributed by atoms with Gasteiger partial charge in [0.15, 0.2) is 11.6 Å². The van der Waals surface area contributed by atoms with Gasteiger partial charge in [-0.1, -0.05) is 36.4 Å². The first-order valence-electron chi connectivity index (χ1n) is 8.30. The second-order valence-electron chi connectivity index (χ2n) is 6.36. The monoisotopic (exact) mass is 357 g/mol. The Bertz CT molecular complexity index is 912. The summed E-state index contributed by atoms with van der Waals surface area (Å²) in [5.74, 6) is 0.632. The lowest BCUT2D eigenvalue weighted by Gasteiger charge is -2.38. The molecule has 0 radical (unpaired) electrons. The lowest BCUT2D eigenvalue weighted by atomic mass is 9.95. The van der Waals surface area contributed by atoms with Gasteiger partial charge in [-0.25, -0.2) is 4.98 Å². The topological polar surface area (TPSA) is 132 Å². The van der Waals surface area contributed by atoms with Crippen LogP contribution < -0.4 is 0 Å². The average molecular weight is 357 g/mol. The van der Waals surface area contributed by atoms with Gasteiger partial charge in [-0.2, -0.15) is 5.10 Å². The van der Waals surface area contributed by atoms with Crippen LogP contribution in [0.25, 0.3) is 22.2 Å². The summed E-state index contributed by atoms with van der Waals surface area (Å²) in [5, 5.41) is 48.3. The van der Waals surface area contributed by atoms with E-state index < -0.39 is 37.1 Å². The number of aliphatic hydroxyl groups is 4. The van der Waals surface area contributed by atoms with Crippen LogP contribution in [-0.2, 0) is 4.74 Å². The molecule has 0 saturated carbocycles. The van der Waals surface area contributed by atoms with Crippen molar-refractivity contribution in [3.05, 3.63) is 48.3 Å². The molecule has 1 unspecified atom stereocenters. The number of hydrogen-bond acceptors (Lipinski definition) is 7. The molecule has 26 heavy (non-hydrogen) atoms. The first-order valence-corrected chi connectivity index (χ1v) is 8.30. The first-order chi connectivity index (χ1) is 12.6. The minimum absolute atomic E-state index is 0.213. The second kappa shape index (κ2) is 6.75. The van der Waals surface area contributed by atoms with Crippen LogP contribution in [0.4, 0.5) is 0 Å². The van der Waals surface area contributed by atoms with Gasteiger partial charge in [0.25, 0.3) is 0 Å². The van der Waals surface area contributed by atoms with Crippen molar-refractivity contribution in [2.45, 2.75) is 30.5 Å². The van der Waals surface area contributed by atoms with Gasteiger partial charge in [0.05, 0.1) is 6.61 Å². The molecule has 3 aromatic rings. The Labute approximate surface area is 148 Å². The standard InChI is InChI=1S/C18H19N3O5/c22-8-12-13(23)14(24)15(25)16(26-12)18-19-17(20-21-18)11-6-5-9-3-1-2-4-10(9)7-11/h1-7,12-16,22-25H,8H2,(H,19,20,21)/t12-,13-,14+,15-,16?/m1/s1. The molecule has 0 bridgehead atoms. The predicted molar refractivity (Wildman–Crippen MR) is 92.0 cm³/mol. The molecule has 0 aliphatic carbocycles. The summed E-state index contributed by atoms with van der Waals surface area (Å²) in [4.78, 5) is 4.36. The quantitative estimate of drug-likeness (QED) is 0.450. The van der Waals surface area contributed by atoms with E-state index in [0.29, 0.717) is 5.82 Å².